The number of aromatic nitrogens is 3. The summed E-state index contributed by atoms with van der Waals surface area (Å²) in [7, 11) is 3.93. The van der Waals surface area contributed by atoms with E-state index in [-0.39, 0.29) is 11.7 Å². The van der Waals surface area contributed by atoms with Gasteiger partial charge in [-0.15, -0.1) is 0 Å². The number of rotatable bonds is 10. The van der Waals surface area contributed by atoms with Crippen LogP contribution in [0.5, 0.6) is 5.75 Å². The molecule has 2 aromatic carbocycles. The number of benzene rings is 2. The second kappa shape index (κ2) is 14.9. The summed E-state index contributed by atoms with van der Waals surface area (Å²) in [6.45, 7) is 1.62. The zero-order chi connectivity index (χ0) is 35.3. The van der Waals surface area contributed by atoms with E-state index in [1.54, 1.807) is 0 Å². The molecule has 0 bridgehead atoms. The number of aromatic amines is 2. The molecule has 2 aliphatic carbocycles. The molecule has 2 aromatic heterocycles. The number of allylic oxidation sites excluding steroid dienone is 9. The van der Waals surface area contributed by atoms with Gasteiger partial charge in [0, 0.05) is 46.9 Å². The van der Waals surface area contributed by atoms with Gasteiger partial charge in [0.25, 0.3) is 0 Å². The largest absolute Gasteiger partial charge is 0.492 e. The van der Waals surface area contributed by atoms with Gasteiger partial charge in [0.05, 0.1) is 18.7 Å². The predicted octanol–water partition coefficient (Wildman–Crippen LogP) is 4.78. The van der Waals surface area contributed by atoms with Crippen molar-refractivity contribution in [2.45, 2.75) is 19.3 Å². The monoisotopic (exact) mass is 681 g/mol. The molecule has 0 unspecified atom stereocenters. The van der Waals surface area contributed by atoms with Crippen molar-refractivity contribution in [3.63, 3.8) is 0 Å². The molecule has 9 nitrogen and oxygen atoms in total. The van der Waals surface area contributed by atoms with Crippen LogP contribution in [-0.2, 0) is 17.6 Å². The van der Waals surface area contributed by atoms with Gasteiger partial charge in [-0.25, -0.2) is 4.39 Å². The first-order valence-corrected chi connectivity index (χ1v) is 17.0. The summed E-state index contributed by atoms with van der Waals surface area (Å²) in [5.41, 5.74) is 16.2. The molecular weight excluding hydrogens is 641 g/mol. The van der Waals surface area contributed by atoms with E-state index in [1.807, 2.05) is 91.8 Å². The number of hydrogen-bond acceptors (Lipinski definition) is 6. The van der Waals surface area contributed by atoms with E-state index in [0.717, 1.165) is 50.1 Å². The number of nitrogens with zero attached hydrogens (tertiary/aromatic N) is 3. The van der Waals surface area contributed by atoms with E-state index in [0.29, 0.717) is 67.2 Å². The minimum absolute atomic E-state index is 0.0756. The molecule has 7 rings (SSSR count). The smallest absolute Gasteiger partial charge is 0.228 e. The first kappa shape index (κ1) is 33.5. The van der Waals surface area contributed by atoms with Crippen LogP contribution >= 0.6 is 0 Å². The maximum Gasteiger partial charge on any atom is 0.228 e. The molecule has 4 aromatic rings. The Morgan fingerprint density at radius 3 is 2.75 bits per heavy atom. The Balaban J connectivity index is 1.19. The summed E-state index contributed by atoms with van der Waals surface area (Å²) < 4.78 is 20.8. The van der Waals surface area contributed by atoms with Gasteiger partial charge in [-0.05, 0) is 90.9 Å². The van der Waals surface area contributed by atoms with E-state index in [1.165, 1.54) is 12.1 Å². The van der Waals surface area contributed by atoms with Crippen molar-refractivity contribution in [1.29, 1.82) is 0 Å². The Bertz CT molecular complexity index is 2280. The lowest BCUT2D eigenvalue weighted by molar-refractivity contribution is -0.119. The molecule has 0 saturated carbocycles. The van der Waals surface area contributed by atoms with Crippen LogP contribution in [-0.4, -0.2) is 59.8 Å². The number of nitrogens with one attached hydrogen (secondary N) is 3. The van der Waals surface area contributed by atoms with Crippen LogP contribution in [0.4, 0.5) is 4.39 Å². The second-order valence-electron chi connectivity index (χ2n) is 13.0. The highest BCUT2D eigenvalue weighted by molar-refractivity contribution is 5.86. The minimum atomic E-state index is -0.379. The highest BCUT2D eigenvalue weighted by Crippen LogP contribution is 2.34. The number of nitrogens with two attached hydrogens (primary N) is 1. The molecule has 3 heterocycles. The first-order valence-electron chi connectivity index (χ1n) is 17.0. The van der Waals surface area contributed by atoms with Crippen molar-refractivity contribution in [2.75, 3.05) is 33.8 Å². The third kappa shape index (κ3) is 7.92. The number of carbonyl (C=O) groups excluding carboxylic acids is 1. The van der Waals surface area contributed by atoms with Crippen LogP contribution in [0, 0.1) is 5.82 Å². The maximum absolute atomic E-state index is 14.9. The quantitative estimate of drug-likeness (QED) is 0.192. The van der Waals surface area contributed by atoms with E-state index in [2.05, 4.69) is 33.6 Å². The number of carbonyl (C=O) groups is 1. The number of H-pyrrole nitrogens is 2. The van der Waals surface area contributed by atoms with E-state index >= 15 is 0 Å². The average Bonchev–Trinajstić information content (AvgIpc) is 3.44. The zero-order valence-corrected chi connectivity index (χ0v) is 28.7. The molecule has 10 heteroatoms. The van der Waals surface area contributed by atoms with Crippen molar-refractivity contribution >= 4 is 17.6 Å². The van der Waals surface area contributed by atoms with E-state index in [4.69, 9.17) is 20.6 Å². The average molecular weight is 682 g/mol. The van der Waals surface area contributed by atoms with Gasteiger partial charge < -0.3 is 25.7 Å². The van der Waals surface area contributed by atoms with Gasteiger partial charge in [0.1, 0.15) is 23.9 Å². The van der Waals surface area contributed by atoms with Crippen LogP contribution < -0.4 is 26.5 Å². The van der Waals surface area contributed by atoms with Crippen LogP contribution in [0.1, 0.15) is 28.8 Å². The molecule has 0 fully saturated rings. The van der Waals surface area contributed by atoms with Gasteiger partial charge in [0.2, 0.25) is 5.91 Å². The summed E-state index contributed by atoms with van der Waals surface area (Å²) >= 11 is 0. The number of ether oxygens (including phenoxy) is 1. The number of fused-ring (bicyclic) bond motifs is 2. The van der Waals surface area contributed by atoms with Gasteiger partial charge >= 0.3 is 0 Å². The first-order chi connectivity index (χ1) is 24.8. The fraction of sp³-hybridized carbons (Fsp3) is 0.195. The topological polar surface area (TPSA) is 124 Å². The highest BCUT2D eigenvalue weighted by Gasteiger charge is 2.21. The lowest BCUT2D eigenvalue weighted by Gasteiger charge is -2.13. The van der Waals surface area contributed by atoms with Crippen molar-refractivity contribution in [1.82, 2.24) is 25.4 Å². The number of hydrogen-bond donors (Lipinski definition) is 4. The summed E-state index contributed by atoms with van der Waals surface area (Å²) in [5, 5.41) is 11.7. The predicted molar refractivity (Wildman–Crippen MR) is 198 cm³/mol. The summed E-state index contributed by atoms with van der Waals surface area (Å²) in [6.07, 6.45) is 17.6. The fourth-order valence-electron chi connectivity index (χ4n) is 6.33. The fourth-order valence-corrected chi connectivity index (χ4v) is 6.33. The Kier molecular flexibility index (Phi) is 9.76. The Morgan fingerprint density at radius 1 is 1.06 bits per heavy atom. The highest BCUT2D eigenvalue weighted by atomic mass is 19.1. The molecular formula is C41H40FN7O2. The van der Waals surface area contributed by atoms with Gasteiger partial charge in [-0.3, -0.25) is 14.9 Å². The van der Waals surface area contributed by atoms with Crippen molar-refractivity contribution in [2.24, 2.45) is 10.7 Å². The zero-order valence-electron chi connectivity index (χ0n) is 28.7. The van der Waals surface area contributed by atoms with Crippen LogP contribution in [0.3, 0.4) is 0 Å². The number of amides is 1. The summed E-state index contributed by atoms with van der Waals surface area (Å²) in [4.78, 5) is 23.2. The molecule has 258 valence electrons. The van der Waals surface area contributed by atoms with E-state index in [9.17, 15) is 9.18 Å². The lowest BCUT2D eigenvalue weighted by atomic mass is 9.97. The molecule has 5 N–H and O–H groups in total. The third-order valence-electron chi connectivity index (χ3n) is 8.83. The Hall–Kier alpha value is -6.00. The van der Waals surface area contributed by atoms with E-state index < -0.39 is 0 Å². The third-order valence-corrected chi connectivity index (χ3v) is 8.83. The van der Waals surface area contributed by atoms with Crippen molar-refractivity contribution in [3.8, 4) is 17.1 Å². The van der Waals surface area contributed by atoms with Crippen molar-refractivity contribution in [3.05, 3.63) is 159 Å². The normalized spacial score (nSPS) is 15.3. The molecule has 0 spiro atoms. The van der Waals surface area contributed by atoms with Gasteiger partial charge in [0.15, 0.2) is 5.49 Å². The van der Waals surface area contributed by atoms with Crippen LogP contribution in [0.15, 0.2) is 125 Å². The molecule has 0 atom stereocenters. The standard InChI is InChI=1S/C41H40FN7O2/c1-49(2)16-17-51-33-21-29(19-30(42)23-33)34-13-12-31(43)24-37-35(34)25-38(46-37)40-36-22-28(14-15-44-41(36)48-47-40)27-10-6-7-11-32(20-27)45-39(50)18-26-8-4-3-5-9-26/h3-5,7-14,19-23,25,46H,6,15-18,24,43H2,1-2H3,(H,44,48)(H,45,50). The summed E-state index contributed by atoms with van der Waals surface area (Å²) in [6, 6.07) is 16.5. The molecule has 3 aliphatic rings. The SMILES string of the molecule is CN(C)CCOc1cc(F)cc(C2=CC=C(N)Cc3[nH]c(-c4n[nH]c5c4=CC(C4=CCC=CC(NC(=O)Cc6ccccc6)=C4)=CCN=5)cc32)c1. The van der Waals surface area contributed by atoms with Crippen LogP contribution in [0.2, 0.25) is 0 Å². The van der Waals surface area contributed by atoms with Crippen molar-refractivity contribution < 1.29 is 13.9 Å². The Labute approximate surface area is 295 Å². The van der Waals surface area contributed by atoms with Gasteiger partial charge in [-0.1, -0.05) is 54.6 Å². The number of likely N-dealkylation sites (N-methyl/N-ethyl adjacent to an activating group) is 1. The Morgan fingerprint density at radius 2 is 1.90 bits per heavy atom. The summed E-state index contributed by atoms with van der Waals surface area (Å²) in [5.74, 6) is 0.0135. The van der Waals surface area contributed by atoms with Crippen LogP contribution in [0.25, 0.3) is 23.0 Å². The molecule has 1 amide bonds. The maximum atomic E-state index is 14.9. The number of halogens is 1. The minimum Gasteiger partial charge on any atom is -0.492 e. The van der Waals surface area contributed by atoms with Gasteiger partial charge in [-0.2, -0.15) is 5.10 Å². The molecule has 0 saturated heterocycles. The second-order valence-corrected chi connectivity index (χ2v) is 13.0. The molecule has 0 radical (unpaired) electrons. The lowest BCUT2D eigenvalue weighted by Crippen LogP contribution is -2.24. The molecule has 51 heavy (non-hydrogen) atoms. The molecule has 1 aliphatic heterocycles.